The lowest BCUT2D eigenvalue weighted by atomic mass is 9.78. The molecule has 0 amide bonds. The van der Waals surface area contributed by atoms with E-state index in [1.165, 1.54) is 12.8 Å². The smallest absolute Gasteiger partial charge is 0.399 e. The number of nitrogens with zero attached hydrogens (tertiary/aromatic N) is 1. The molecule has 0 radical (unpaired) electrons. The number of fused-ring (bicyclic) bond motifs is 1. The molecular formula is C21H31BFNO3. The minimum Gasteiger partial charge on any atom is -0.399 e. The van der Waals surface area contributed by atoms with Crippen LogP contribution in [0.4, 0.5) is 4.39 Å². The summed E-state index contributed by atoms with van der Waals surface area (Å²) in [6.45, 7) is 10.3. The summed E-state index contributed by atoms with van der Waals surface area (Å²) in [6.07, 6.45) is 5.08. The zero-order chi connectivity index (χ0) is 19.2. The Morgan fingerprint density at radius 1 is 1.11 bits per heavy atom. The van der Waals surface area contributed by atoms with Crippen molar-refractivity contribution in [2.24, 2.45) is 0 Å². The molecule has 0 N–H and O–H groups in total. The quantitative estimate of drug-likeness (QED) is 0.759. The van der Waals surface area contributed by atoms with Crippen molar-refractivity contribution < 1.29 is 18.4 Å². The molecule has 1 saturated carbocycles. The van der Waals surface area contributed by atoms with Crippen LogP contribution in [-0.2, 0) is 20.6 Å². The molecular weight excluding hydrogens is 344 g/mol. The maximum atomic E-state index is 14.9. The SMILES string of the molecule is CC1(C)OB(c2ccc(CN3CCOC4CCCCC43)c(F)c2)OC1(C)C. The van der Waals surface area contributed by atoms with Crippen molar-refractivity contribution in [1.82, 2.24) is 4.90 Å². The zero-order valence-corrected chi connectivity index (χ0v) is 17.0. The second-order valence-corrected chi connectivity index (χ2v) is 9.17. The van der Waals surface area contributed by atoms with Gasteiger partial charge in [-0.2, -0.15) is 0 Å². The van der Waals surface area contributed by atoms with Gasteiger partial charge >= 0.3 is 7.12 Å². The molecule has 1 aromatic rings. The van der Waals surface area contributed by atoms with E-state index in [2.05, 4.69) is 4.90 Å². The third-order valence-corrected chi connectivity index (χ3v) is 6.82. The molecule has 4 rings (SSSR count). The molecule has 0 spiro atoms. The number of benzene rings is 1. The molecule has 0 bridgehead atoms. The van der Waals surface area contributed by atoms with Crippen LogP contribution in [0.25, 0.3) is 0 Å². The summed E-state index contributed by atoms with van der Waals surface area (Å²) in [5.74, 6) is -0.180. The minimum absolute atomic E-state index is 0.180. The number of morpholine rings is 1. The molecule has 148 valence electrons. The van der Waals surface area contributed by atoms with Crippen LogP contribution in [0.2, 0.25) is 0 Å². The summed E-state index contributed by atoms with van der Waals surface area (Å²) >= 11 is 0. The van der Waals surface area contributed by atoms with Crippen LogP contribution in [0.15, 0.2) is 18.2 Å². The summed E-state index contributed by atoms with van der Waals surface area (Å²) in [4.78, 5) is 2.40. The van der Waals surface area contributed by atoms with E-state index in [1.807, 2.05) is 39.8 Å². The van der Waals surface area contributed by atoms with Crippen LogP contribution < -0.4 is 5.46 Å². The first-order valence-electron chi connectivity index (χ1n) is 10.3. The van der Waals surface area contributed by atoms with E-state index in [-0.39, 0.29) is 5.82 Å². The lowest BCUT2D eigenvalue weighted by Gasteiger charge is -2.43. The van der Waals surface area contributed by atoms with Crippen LogP contribution in [-0.4, -0.2) is 48.5 Å². The molecule has 1 aliphatic carbocycles. The minimum atomic E-state index is -0.523. The highest BCUT2D eigenvalue weighted by molar-refractivity contribution is 6.62. The van der Waals surface area contributed by atoms with Gasteiger partial charge in [0.25, 0.3) is 0 Å². The van der Waals surface area contributed by atoms with Crippen molar-refractivity contribution in [1.29, 1.82) is 0 Å². The summed E-state index contributed by atoms with van der Waals surface area (Å²) < 4.78 is 32.9. The molecule has 2 unspecified atom stereocenters. The predicted molar refractivity (Wildman–Crippen MR) is 105 cm³/mol. The van der Waals surface area contributed by atoms with Gasteiger partial charge < -0.3 is 14.0 Å². The fourth-order valence-electron chi connectivity index (χ4n) is 4.41. The van der Waals surface area contributed by atoms with Gasteiger partial charge in [-0.05, 0) is 52.1 Å². The Morgan fingerprint density at radius 2 is 1.81 bits per heavy atom. The zero-order valence-electron chi connectivity index (χ0n) is 17.0. The highest BCUT2D eigenvalue weighted by Crippen LogP contribution is 2.36. The second kappa shape index (κ2) is 7.14. The van der Waals surface area contributed by atoms with Gasteiger partial charge in [-0.3, -0.25) is 4.90 Å². The summed E-state index contributed by atoms with van der Waals surface area (Å²) in [5, 5.41) is 0. The summed E-state index contributed by atoms with van der Waals surface area (Å²) in [6, 6.07) is 5.84. The third-order valence-electron chi connectivity index (χ3n) is 6.82. The Balaban J connectivity index is 1.48. The molecule has 3 aliphatic rings. The lowest BCUT2D eigenvalue weighted by Crippen LogP contribution is -2.52. The van der Waals surface area contributed by atoms with E-state index >= 15 is 0 Å². The van der Waals surface area contributed by atoms with Crippen LogP contribution >= 0.6 is 0 Å². The van der Waals surface area contributed by atoms with E-state index in [4.69, 9.17) is 14.0 Å². The number of rotatable bonds is 3. The van der Waals surface area contributed by atoms with Gasteiger partial charge in [0, 0.05) is 24.7 Å². The van der Waals surface area contributed by atoms with Gasteiger partial charge in [-0.15, -0.1) is 0 Å². The van der Waals surface area contributed by atoms with Gasteiger partial charge in [-0.1, -0.05) is 25.0 Å². The Kier molecular flexibility index (Phi) is 5.12. The normalized spacial score (nSPS) is 30.3. The Bertz CT molecular complexity index is 678. The predicted octanol–water partition coefficient (Wildman–Crippen LogP) is 3.27. The Hall–Kier alpha value is -0.945. The van der Waals surface area contributed by atoms with Gasteiger partial charge in [0.2, 0.25) is 0 Å². The molecule has 2 atom stereocenters. The van der Waals surface area contributed by atoms with Crippen molar-refractivity contribution >= 4 is 12.6 Å². The maximum absolute atomic E-state index is 14.9. The first-order chi connectivity index (χ1) is 12.8. The Morgan fingerprint density at radius 3 is 2.52 bits per heavy atom. The highest BCUT2D eigenvalue weighted by atomic mass is 19.1. The molecule has 2 heterocycles. The van der Waals surface area contributed by atoms with Crippen LogP contribution in [0.1, 0.15) is 58.9 Å². The lowest BCUT2D eigenvalue weighted by molar-refractivity contribution is -0.0913. The first kappa shape index (κ1) is 19.4. The molecule has 3 fully saturated rings. The van der Waals surface area contributed by atoms with E-state index in [1.54, 1.807) is 6.07 Å². The van der Waals surface area contributed by atoms with Crippen molar-refractivity contribution in [3.05, 3.63) is 29.6 Å². The second-order valence-electron chi connectivity index (χ2n) is 9.17. The fraction of sp³-hybridized carbons (Fsp3) is 0.714. The third kappa shape index (κ3) is 3.69. The van der Waals surface area contributed by atoms with Crippen LogP contribution in [0, 0.1) is 5.82 Å². The van der Waals surface area contributed by atoms with Gasteiger partial charge in [0.1, 0.15) is 5.82 Å². The molecule has 2 aliphatic heterocycles. The average Bonchev–Trinajstić information content (AvgIpc) is 2.84. The maximum Gasteiger partial charge on any atom is 0.494 e. The van der Waals surface area contributed by atoms with Crippen molar-refractivity contribution in [3.8, 4) is 0 Å². The molecule has 6 heteroatoms. The van der Waals surface area contributed by atoms with E-state index in [9.17, 15) is 4.39 Å². The summed E-state index contributed by atoms with van der Waals surface area (Å²) in [5.41, 5.74) is 0.640. The molecule has 4 nitrogen and oxygen atoms in total. The van der Waals surface area contributed by atoms with Crippen LogP contribution in [0.5, 0.6) is 0 Å². The number of hydrogen-bond acceptors (Lipinski definition) is 4. The van der Waals surface area contributed by atoms with E-state index in [0.717, 1.165) is 37.0 Å². The largest absolute Gasteiger partial charge is 0.494 e. The topological polar surface area (TPSA) is 30.9 Å². The average molecular weight is 375 g/mol. The van der Waals surface area contributed by atoms with Crippen molar-refractivity contribution in [2.75, 3.05) is 13.2 Å². The van der Waals surface area contributed by atoms with Crippen molar-refractivity contribution in [3.63, 3.8) is 0 Å². The highest BCUT2D eigenvalue weighted by Gasteiger charge is 2.51. The van der Waals surface area contributed by atoms with E-state index in [0.29, 0.717) is 18.7 Å². The van der Waals surface area contributed by atoms with Crippen LogP contribution in [0.3, 0.4) is 0 Å². The summed E-state index contributed by atoms with van der Waals surface area (Å²) in [7, 11) is -0.523. The molecule has 27 heavy (non-hydrogen) atoms. The fourth-order valence-corrected chi connectivity index (χ4v) is 4.41. The standard InChI is InChI=1S/C21H31BFNO3/c1-20(2)21(3,4)27-22(26-20)16-10-9-15(17(23)13-16)14-24-11-12-25-19-8-6-5-7-18(19)24/h9-10,13,18-19H,5-8,11-12,14H2,1-4H3. The van der Waals surface area contributed by atoms with Crippen molar-refractivity contribution in [2.45, 2.75) is 83.3 Å². The number of hydrogen-bond donors (Lipinski definition) is 0. The molecule has 2 saturated heterocycles. The molecule has 1 aromatic carbocycles. The number of halogens is 1. The first-order valence-corrected chi connectivity index (χ1v) is 10.3. The van der Waals surface area contributed by atoms with Gasteiger partial charge in [0.05, 0.1) is 23.9 Å². The van der Waals surface area contributed by atoms with Gasteiger partial charge in [0.15, 0.2) is 0 Å². The number of ether oxygens (including phenoxy) is 1. The molecule has 0 aromatic heterocycles. The Labute approximate surface area is 162 Å². The van der Waals surface area contributed by atoms with Gasteiger partial charge in [-0.25, -0.2) is 4.39 Å². The monoisotopic (exact) mass is 375 g/mol. The van der Waals surface area contributed by atoms with E-state index < -0.39 is 18.3 Å².